The van der Waals surface area contributed by atoms with Crippen LogP contribution in [0.4, 0.5) is 0 Å². The quantitative estimate of drug-likeness (QED) is 0.869. The highest BCUT2D eigenvalue weighted by molar-refractivity contribution is 5.84. The van der Waals surface area contributed by atoms with Crippen LogP contribution < -0.4 is 5.73 Å². The number of aromatic hydroxyl groups is 1. The fourth-order valence-electron chi connectivity index (χ4n) is 2.81. The summed E-state index contributed by atoms with van der Waals surface area (Å²) < 4.78 is 5.39. The molecule has 2 aromatic carbocycles. The summed E-state index contributed by atoms with van der Waals surface area (Å²) in [7, 11) is 0. The number of phenols is 1. The van der Waals surface area contributed by atoms with Gasteiger partial charge >= 0.3 is 0 Å². The van der Waals surface area contributed by atoms with Crippen molar-refractivity contribution in [3.05, 3.63) is 42.0 Å². The Hall–Kier alpha value is -1.58. The fraction of sp³-hybridized carbons (Fsp3) is 0.375. The van der Waals surface area contributed by atoms with E-state index in [0.29, 0.717) is 11.7 Å². The molecule has 0 aliphatic carbocycles. The molecule has 19 heavy (non-hydrogen) atoms. The van der Waals surface area contributed by atoms with Crippen molar-refractivity contribution in [1.29, 1.82) is 0 Å². The van der Waals surface area contributed by atoms with Crippen molar-refractivity contribution < 1.29 is 9.84 Å². The average molecular weight is 257 g/mol. The number of rotatable bonds is 2. The molecule has 3 rings (SSSR count). The summed E-state index contributed by atoms with van der Waals surface area (Å²) in [5, 5.41) is 11.6. The maximum Gasteiger partial charge on any atom is 0.116 e. The molecule has 1 atom stereocenters. The minimum absolute atomic E-state index is 0.0714. The van der Waals surface area contributed by atoms with Crippen molar-refractivity contribution in [2.75, 3.05) is 13.2 Å². The molecule has 0 radical (unpaired) electrons. The van der Waals surface area contributed by atoms with E-state index in [2.05, 4.69) is 12.1 Å². The molecule has 2 aromatic rings. The van der Waals surface area contributed by atoms with Crippen molar-refractivity contribution >= 4 is 10.8 Å². The zero-order valence-corrected chi connectivity index (χ0v) is 10.9. The maximum atomic E-state index is 9.47. The number of hydrogen-bond donors (Lipinski definition) is 2. The van der Waals surface area contributed by atoms with E-state index in [4.69, 9.17) is 10.5 Å². The summed E-state index contributed by atoms with van der Waals surface area (Å²) in [6.45, 7) is 1.64. The van der Waals surface area contributed by atoms with Crippen molar-refractivity contribution in [3.63, 3.8) is 0 Å². The zero-order valence-electron chi connectivity index (χ0n) is 10.9. The molecule has 3 heteroatoms. The van der Waals surface area contributed by atoms with Crippen LogP contribution in [0.3, 0.4) is 0 Å². The molecule has 0 aromatic heterocycles. The lowest BCUT2D eigenvalue weighted by molar-refractivity contribution is 0.0584. The maximum absolute atomic E-state index is 9.47. The predicted molar refractivity (Wildman–Crippen MR) is 76.1 cm³/mol. The zero-order chi connectivity index (χ0) is 13.2. The first-order chi connectivity index (χ1) is 9.24. The second kappa shape index (κ2) is 5.19. The highest BCUT2D eigenvalue weighted by Crippen LogP contribution is 2.30. The summed E-state index contributed by atoms with van der Waals surface area (Å²) in [6, 6.07) is 11.7. The Morgan fingerprint density at radius 2 is 1.74 bits per heavy atom. The van der Waals surface area contributed by atoms with Gasteiger partial charge in [0.1, 0.15) is 5.75 Å². The van der Waals surface area contributed by atoms with Gasteiger partial charge in [-0.3, -0.25) is 0 Å². The molecule has 0 unspecified atom stereocenters. The van der Waals surface area contributed by atoms with Gasteiger partial charge in [0.2, 0.25) is 0 Å². The first-order valence-corrected chi connectivity index (χ1v) is 6.80. The third-order valence-corrected chi connectivity index (χ3v) is 4.01. The van der Waals surface area contributed by atoms with Gasteiger partial charge in [-0.15, -0.1) is 0 Å². The fourth-order valence-corrected chi connectivity index (χ4v) is 2.81. The molecule has 1 aliphatic rings. The topological polar surface area (TPSA) is 55.5 Å². The van der Waals surface area contributed by atoms with Gasteiger partial charge in [0.15, 0.2) is 0 Å². The van der Waals surface area contributed by atoms with E-state index >= 15 is 0 Å². The lowest BCUT2D eigenvalue weighted by Crippen LogP contribution is -2.27. The van der Waals surface area contributed by atoms with E-state index in [1.807, 2.05) is 12.1 Å². The highest BCUT2D eigenvalue weighted by atomic mass is 16.5. The first-order valence-electron chi connectivity index (χ1n) is 6.80. The molecule has 1 saturated heterocycles. The summed E-state index contributed by atoms with van der Waals surface area (Å²) >= 11 is 0. The summed E-state index contributed by atoms with van der Waals surface area (Å²) in [5.74, 6) is 0.803. The van der Waals surface area contributed by atoms with E-state index < -0.39 is 0 Å². The Kier molecular flexibility index (Phi) is 3.40. The van der Waals surface area contributed by atoms with Crippen LogP contribution in [0.1, 0.15) is 24.4 Å². The minimum Gasteiger partial charge on any atom is -0.508 e. The standard InChI is InChI=1S/C16H19NO2/c17-16(11-5-7-19-8-6-11)14-2-1-13-10-15(18)4-3-12(13)9-14/h1-4,9-11,16,18H,5-8,17H2/t16-/m0/s1. The highest BCUT2D eigenvalue weighted by Gasteiger charge is 2.22. The van der Waals surface area contributed by atoms with E-state index in [1.165, 1.54) is 5.56 Å². The summed E-state index contributed by atoms with van der Waals surface area (Å²) in [6.07, 6.45) is 2.07. The lowest BCUT2D eigenvalue weighted by Gasteiger charge is -2.28. The Bertz CT molecular complexity index is 576. The normalized spacial score (nSPS) is 18.6. The van der Waals surface area contributed by atoms with Crippen LogP contribution >= 0.6 is 0 Å². The van der Waals surface area contributed by atoms with Gasteiger partial charge in [-0.1, -0.05) is 18.2 Å². The second-order valence-corrected chi connectivity index (χ2v) is 5.27. The monoisotopic (exact) mass is 257 g/mol. The number of benzene rings is 2. The third kappa shape index (κ3) is 2.57. The smallest absolute Gasteiger partial charge is 0.116 e. The minimum atomic E-state index is 0.0714. The van der Waals surface area contributed by atoms with E-state index in [9.17, 15) is 5.11 Å². The van der Waals surface area contributed by atoms with E-state index in [-0.39, 0.29) is 6.04 Å². The number of hydrogen-bond acceptors (Lipinski definition) is 3. The molecule has 1 aliphatic heterocycles. The molecule has 3 N–H and O–H groups in total. The molecule has 0 amide bonds. The molecular formula is C16H19NO2. The largest absolute Gasteiger partial charge is 0.508 e. The van der Waals surface area contributed by atoms with Crippen LogP contribution in [0.25, 0.3) is 10.8 Å². The van der Waals surface area contributed by atoms with Gasteiger partial charge < -0.3 is 15.6 Å². The summed E-state index contributed by atoms with van der Waals surface area (Å²) in [4.78, 5) is 0. The Balaban J connectivity index is 1.89. The molecular weight excluding hydrogens is 238 g/mol. The summed E-state index contributed by atoms with van der Waals surface area (Å²) in [5.41, 5.74) is 7.56. The molecule has 0 spiro atoms. The molecule has 1 fully saturated rings. The Morgan fingerprint density at radius 3 is 2.53 bits per heavy atom. The van der Waals surface area contributed by atoms with E-state index in [1.54, 1.807) is 12.1 Å². The number of phenolic OH excluding ortho intramolecular Hbond substituents is 1. The molecule has 0 saturated carbocycles. The van der Waals surface area contributed by atoms with Gasteiger partial charge in [0, 0.05) is 19.3 Å². The van der Waals surface area contributed by atoms with Crippen LogP contribution in [-0.2, 0) is 4.74 Å². The predicted octanol–water partition coefficient (Wildman–Crippen LogP) is 2.97. The van der Waals surface area contributed by atoms with Crippen LogP contribution in [-0.4, -0.2) is 18.3 Å². The van der Waals surface area contributed by atoms with Crippen LogP contribution in [0.2, 0.25) is 0 Å². The van der Waals surface area contributed by atoms with Gasteiger partial charge in [-0.25, -0.2) is 0 Å². The van der Waals surface area contributed by atoms with Crippen molar-refractivity contribution in [2.24, 2.45) is 11.7 Å². The Labute approximate surface area is 113 Å². The molecule has 3 nitrogen and oxygen atoms in total. The van der Waals surface area contributed by atoms with Crippen LogP contribution in [0.5, 0.6) is 5.75 Å². The third-order valence-electron chi connectivity index (χ3n) is 4.01. The number of ether oxygens (including phenoxy) is 1. The van der Waals surface area contributed by atoms with Crippen molar-refractivity contribution in [2.45, 2.75) is 18.9 Å². The first kappa shape index (κ1) is 12.5. The SMILES string of the molecule is N[C@H](c1ccc2cc(O)ccc2c1)C1CCOCC1. The van der Waals surface area contributed by atoms with Crippen molar-refractivity contribution in [1.82, 2.24) is 0 Å². The van der Waals surface area contributed by atoms with Gasteiger partial charge in [0.05, 0.1) is 0 Å². The molecule has 100 valence electrons. The van der Waals surface area contributed by atoms with Gasteiger partial charge in [-0.2, -0.15) is 0 Å². The van der Waals surface area contributed by atoms with Crippen molar-refractivity contribution in [3.8, 4) is 5.75 Å². The molecule has 1 heterocycles. The lowest BCUT2D eigenvalue weighted by atomic mass is 9.87. The number of nitrogens with two attached hydrogens (primary N) is 1. The van der Waals surface area contributed by atoms with Crippen LogP contribution in [0, 0.1) is 5.92 Å². The van der Waals surface area contributed by atoms with E-state index in [0.717, 1.165) is 36.8 Å². The number of fused-ring (bicyclic) bond motifs is 1. The Morgan fingerprint density at radius 1 is 1.05 bits per heavy atom. The second-order valence-electron chi connectivity index (χ2n) is 5.27. The van der Waals surface area contributed by atoms with Gasteiger partial charge in [0.25, 0.3) is 0 Å². The van der Waals surface area contributed by atoms with Crippen LogP contribution in [0.15, 0.2) is 36.4 Å². The van der Waals surface area contributed by atoms with Gasteiger partial charge in [-0.05, 0) is 53.3 Å². The average Bonchev–Trinajstić information content (AvgIpc) is 2.47. The molecule has 0 bridgehead atoms.